The van der Waals surface area contributed by atoms with Gasteiger partial charge in [0.25, 0.3) is 0 Å². The van der Waals surface area contributed by atoms with Gasteiger partial charge in [0.15, 0.2) is 0 Å². The zero-order chi connectivity index (χ0) is 29.8. The van der Waals surface area contributed by atoms with Gasteiger partial charge in [-0.2, -0.15) is 0 Å². The lowest BCUT2D eigenvalue weighted by Crippen LogP contribution is -2.13. The van der Waals surface area contributed by atoms with Crippen molar-refractivity contribution in [2.24, 2.45) is 0 Å². The fourth-order valence-electron chi connectivity index (χ4n) is 6.04. The molecule has 6 aromatic rings. The van der Waals surface area contributed by atoms with E-state index < -0.39 is 0 Å². The second-order valence-electron chi connectivity index (χ2n) is 13.3. The molecule has 0 amide bonds. The Morgan fingerprint density at radius 1 is 0.452 bits per heavy atom. The van der Waals surface area contributed by atoms with E-state index in [0.717, 1.165) is 60.5 Å². The minimum Gasteiger partial charge on any atom is -0.207 e. The second kappa shape index (κ2) is 10.2. The van der Waals surface area contributed by atoms with E-state index in [9.17, 15) is 4.39 Å². The molecule has 0 atom stereocenters. The number of fused-ring (bicyclic) bond motifs is 2. The predicted octanol–water partition coefficient (Wildman–Crippen LogP) is 11.9. The SMILES string of the molecule is CC(C)(C)c1ccc(-c2ccc(-c3ccc4c(-c5ccc(F)cc5C(C)(C)C)cccc4c3)c3ccccc23)c(F)c1. The Morgan fingerprint density at radius 3 is 1.79 bits per heavy atom. The standard InChI is InChI=1S/C40H36F2/c1-39(2,3)27-15-18-36(38(42)23-27)34-21-20-30(31-11-7-8-12-33(31)34)26-14-17-29-25(22-26)10-9-13-32(29)35-19-16-28(41)24-37(35)40(4,5)6/h7-24H,1-6H3. The van der Waals surface area contributed by atoms with E-state index in [1.807, 2.05) is 36.4 Å². The summed E-state index contributed by atoms with van der Waals surface area (Å²) in [5.41, 5.74) is 7.50. The zero-order valence-corrected chi connectivity index (χ0v) is 25.1. The molecule has 2 heteroatoms. The first-order chi connectivity index (χ1) is 19.9. The van der Waals surface area contributed by atoms with Crippen LogP contribution >= 0.6 is 0 Å². The van der Waals surface area contributed by atoms with E-state index in [0.29, 0.717) is 5.56 Å². The van der Waals surface area contributed by atoms with Gasteiger partial charge in [-0.15, -0.1) is 0 Å². The molecule has 0 N–H and O–H groups in total. The van der Waals surface area contributed by atoms with Crippen molar-refractivity contribution in [1.29, 1.82) is 0 Å². The van der Waals surface area contributed by atoms with E-state index in [2.05, 4.69) is 96.1 Å². The molecule has 0 saturated heterocycles. The molecule has 0 radical (unpaired) electrons. The van der Waals surface area contributed by atoms with Crippen LogP contribution in [0.15, 0.2) is 109 Å². The molecule has 210 valence electrons. The first-order valence-corrected chi connectivity index (χ1v) is 14.6. The molecule has 0 aliphatic rings. The number of rotatable bonds is 3. The summed E-state index contributed by atoms with van der Waals surface area (Å²) in [5.74, 6) is -0.416. The maximum Gasteiger partial charge on any atom is 0.131 e. The molecule has 0 unspecified atom stereocenters. The van der Waals surface area contributed by atoms with Gasteiger partial charge in [-0.1, -0.05) is 126 Å². The Balaban J connectivity index is 1.49. The molecule has 0 aliphatic heterocycles. The highest BCUT2D eigenvalue weighted by molar-refractivity contribution is 6.07. The normalized spacial score (nSPS) is 12.3. The second-order valence-corrected chi connectivity index (χ2v) is 13.3. The lowest BCUT2D eigenvalue weighted by atomic mass is 9.80. The van der Waals surface area contributed by atoms with Crippen molar-refractivity contribution in [2.75, 3.05) is 0 Å². The Kier molecular flexibility index (Phi) is 6.77. The third kappa shape index (κ3) is 5.00. The summed E-state index contributed by atoms with van der Waals surface area (Å²) in [6, 6.07) is 36.0. The summed E-state index contributed by atoms with van der Waals surface area (Å²) in [6.07, 6.45) is 0. The first-order valence-electron chi connectivity index (χ1n) is 14.6. The summed E-state index contributed by atoms with van der Waals surface area (Å²) in [5, 5.41) is 4.34. The smallest absolute Gasteiger partial charge is 0.131 e. The van der Waals surface area contributed by atoms with E-state index >= 15 is 4.39 Å². The van der Waals surface area contributed by atoms with Crippen molar-refractivity contribution in [3.8, 4) is 33.4 Å². The predicted molar refractivity (Wildman–Crippen MR) is 175 cm³/mol. The molecule has 6 rings (SSSR count). The minimum atomic E-state index is -0.216. The molecule has 0 saturated carbocycles. The van der Waals surface area contributed by atoms with Crippen LogP contribution in [0.3, 0.4) is 0 Å². The third-order valence-corrected chi connectivity index (χ3v) is 8.32. The number of hydrogen-bond donors (Lipinski definition) is 0. The van der Waals surface area contributed by atoms with Gasteiger partial charge in [0.1, 0.15) is 11.6 Å². The summed E-state index contributed by atoms with van der Waals surface area (Å²) in [6.45, 7) is 12.7. The summed E-state index contributed by atoms with van der Waals surface area (Å²) >= 11 is 0. The van der Waals surface area contributed by atoms with Crippen molar-refractivity contribution in [3.05, 3.63) is 132 Å². The van der Waals surface area contributed by atoms with Crippen molar-refractivity contribution in [2.45, 2.75) is 52.4 Å². The van der Waals surface area contributed by atoms with Crippen LogP contribution < -0.4 is 0 Å². The topological polar surface area (TPSA) is 0 Å². The molecule has 0 heterocycles. The van der Waals surface area contributed by atoms with E-state index in [1.165, 1.54) is 0 Å². The fourth-order valence-corrected chi connectivity index (χ4v) is 6.04. The highest BCUT2D eigenvalue weighted by Crippen LogP contribution is 2.41. The minimum absolute atomic E-state index is 0.119. The lowest BCUT2D eigenvalue weighted by Gasteiger charge is -2.24. The Morgan fingerprint density at radius 2 is 1.10 bits per heavy atom. The fraction of sp³-hybridized carbons (Fsp3) is 0.200. The lowest BCUT2D eigenvalue weighted by molar-refractivity contribution is 0.573. The maximum absolute atomic E-state index is 15.5. The Bertz CT molecular complexity index is 1970. The number of halogens is 2. The van der Waals surface area contributed by atoms with Gasteiger partial charge in [-0.25, -0.2) is 8.78 Å². The van der Waals surface area contributed by atoms with Gasteiger partial charge in [0, 0.05) is 5.56 Å². The summed E-state index contributed by atoms with van der Waals surface area (Å²) in [7, 11) is 0. The van der Waals surface area contributed by atoms with Crippen molar-refractivity contribution < 1.29 is 8.78 Å². The summed E-state index contributed by atoms with van der Waals surface area (Å²) in [4.78, 5) is 0. The van der Waals surface area contributed by atoms with Gasteiger partial charge in [0.2, 0.25) is 0 Å². The molecule has 0 bridgehead atoms. The van der Waals surface area contributed by atoms with E-state index in [4.69, 9.17) is 0 Å². The molecule has 0 aliphatic carbocycles. The average molecular weight is 555 g/mol. The Hall–Kier alpha value is -4.30. The van der Waals surface area contributed by atoms with Crippen LogP contribution in [0.2, 0.25) is 0 Å². The van der Waals surface area contributed by atoms with Crippen molar-refractivity contribution in [3.63, 3.8) is 0 Å². The first kappa shape index (κ1) is 27.8. The highest BCUT2D eigenvalue weighted by atomic mass is 19.1. The van der Waals surface area contributed by atoms with E-state index in [-0.39, 0.29) is 22.5 Å². The van der Waals surface area contributed by atoms with Crippen molar-refractivity contribution in [1.82, 2.24) is 0 Å². The van der Waals surface area contributed by atoms with E-state index in [1.54, 1.807) is 18.2 Å². The quantitative estimate of drug-likeness (QED) is 0.204. The summed E-state index contributed by atoms with van der Waals surface area (Å²) < 4.78 is 29.8. The van der Waals surface area contributed by atoms with Crippen LogP contribution in [-0.4, -0.2) is 0 Å². The van der Waals surface area contributed by atoms with Crippen molar-refractivity contribution >= 4 is 21.5 Å². The van der Waals surface area contributed by atoms with Gasteiger partial charge in [-0.3, -0.25) is 0 Å². The van der Waals surface area contributed by atoms with Gasteiger partial charge in [0.05, 0.1) is 0 Å². The monoisotopic (exact) mass is 554 g/mol. The van der Waals surface area contributed by atoms with Gasteiger partial charge >= 0.3 is 0 Å². The van der Waals surface area contributed by atoms with Crippen LogP contribution in [0.4, 0.5) is 8.78 Å². The Labute approximate surface area is 247 Å². The van der Waals surface area contributed by atoms with Crippen LogP contribution in [0, 0.1) is 11.6 Å². The molecule has 42 heavy (non-hydrogen) atoms. The number of benzene rings is 6. The molecule has 0 fully saturated rings. The van der Waals surface area contributed by atoms with Crippen LogP contribution in [0.25, 0.3) is 54.9 Å². The third-order valence-electron chi connectivity index (χ3n) is 8.32. The maximum atomic E-state index is 15.5. The molecule has 6 aromatic carbocycles. The van der Waals surface area contributed by atoms with Crippen LogP contribution in [-0.2, 0) is 10.8 Å². The molecule has 0 aromatic heterocycles. The largest absolute Gasteiger partial charge is 0.207 e. The average Bonchev–Trinajstić information content (AvgIpc) is 2.95. The molecule has 0 spiro atoms. The number of hydrogen-bond acceptors (Lipinski definition) is 0. The molecular formula is C40H36F2. The zero-order valence-electron chi connectivity index (χ0n) is 25.1. The van der Waals surface area contributed by atoms with Gasteiger partial charge in [-0.05, 0) is 95.6 Å². The van der Waals surface area contributed by atoms with Crippen LogP contribution in [0.5, 0.6) is 0 Å². The van der Waals surface area contributed by atoms with Crippen LogP contribution in [0.1, 0.15) is 52.7 Å². The molecular weight excluding hydrogens is 518 g/mol. The van der Waals surface area contributed by atoms with Gasteiger partial charge < -0.3 is 0 Å². The highest BCUT2D eigenvalue weighted by Gasteiger charge is 2.21. The molecule has 0 nitrogen and oxygen atoms in total.